The van der Waals surface area contributed by atoms with Gasteiger partial charge >= 0.3 is 0 Å². The number of nitrogens with zero attached hydrogens (tertiary/aromatic N) is 1. The Morgan fingerprint density at radius 3 is 1.78 bits per heavy atom. The number of hydrogen-bond donors (Lipinski definition) is 2. The molecule has 0 unspecified atom stereocenters. The van der Waals surface area contributed by atoms with Crippen molar-refractivity contribution in [2.24, 2.45) is 0 Å². The Labute approximate surface area is 327 Å². The first-order chi connectivity index (χ1) is 25.3. The number of ether oxygens (including phenoxy) is 2. The Morgan fingerprint density at radius 2 is 1.28 bits per heavy atom. The molecule has 292 valence electrons. The SMILES string of the molecule is C.COCCS(=O)(=O)c1ccc(C(=O)N[C@@H]2CCc3cc(C)ccc32)s1.CO[C@@H]1CCN(S(=O)(=O)c2ccc(C(=O)N[C@@H]3CCc4cc(C)ccc43)s2)C1. The number of carbonyl (C=O) groups is 2. The topological polar surface area (TPSA) is 148 Å². The standard InChI is InChI=1S/C20H24N2O4S2.C18H21NO4S2.CH4/c1-13-3-5-16-14(11-13)4-6-17(16)21-20(23)18-7-8-19(27-18)28(24,25)22-10-9-15(12-22)26-2;1-12-3-5-14-13(11-12)4-6-15(14)19-18(20)16-7-8-17(24-16)25(21,22)10-9-23-2;/h3,5,7-8,11,15,17H,4,6,9-10,12H2,1-2H3,(H,21,23);3,5,7-8,11,15H,4,6,9-10H2,1-2H3,(H,19,20);1H4/t15-,17-;15-;/m11./s1. The molecule has 2 amide bonds. The highest BCUT2D eigenvalue weighted by molar-refractivity contribution is 7.93. The maximum Gasteiger partial charge on any atom is 0.261 e. The Hall–Kier alpha value is -3.44. The Morgan fingerprint density at radius 1 is 0.759 bits per heavy atom. The van der Waals surface area contributed by atoms with Gasteiger partial charge in [0.15, 0.2) is 9.84 Å². The summed E-state index contributed by atoms with van der Waals surface area (Å²) in [5, 5.41) is 6.10. The lowest BCUT2D eigenvalue weighted by molar-refractivity contribution is 0.0932. The molecule has 3 aliphatic rings. The van der Waals surface area contributed by atoms with E-state index in [0.29, 0.717) is 29.3 Å². The normalized spacial score (nSPS) is 19.3. The van der Waals surface area contributed by atoms with E-state index in [1.807, 2.05) is 0 Å². The summed E-state index contributed by atoms with van der Waals surface area (Å²) in [5.74, 6) is -0.530. The highest BCUT2D eigenvalue weighted by Gasteiger charge is 2.34. The summed E-state index contributed by atoms with van der Waals surface area (Å²) < 4.78 is 61.9. The molecule has 2 N–H and O–H groups in total. The van der Waals surface area contributed by atoms with E-state index in [0.717, 1.165) is 59.5 Å². The summed E-state index contributed by atoms with van der Waals surface area (Å²) in [4.78, 5) is 26.1. The quantitative estimate of drug-likeness (QED) is 0.177. The molecular weight excluding hydrogens is 767 g/mol. The second-order valence-corrected chi connectivity index (χ2v) is 20.3. The van der Waals surface area contributed by atoms with Crippen LogP contribution in [0.3, 0.4) is 0 Å². The lowest BCUT2D eigenvalue weighted by Gasteiger charge is -2.15. The lowest BCUT2D eigenvalue weighted by Crippen LogP contribution is -2.29. The van der Waals surface area contributed by atoms with Crippen molar-refractivity contribution in [3.8, 4) is 0 Å². The van der Waals surface area contributed by atoms with Crippen LogP contribution in [-0.4, -0.2) is 78.7 Å². The third-order valence-corrected chi connectivity index (χ3v) is 16.6. The smallest absolute Gasteiger partial charge is 0.261 e. The van der Waals surface area contributed by atoms with Crippen LogP contribution in [0.25, 0.3) is 0 Å². The number of rotatable bonds is 11. The van der Waals surface area contributed by atoms with Crippen molar-refractivity contribution in [3.05, 3.63) is 104 Å². The first-order valence-electron chi connectivity index (χ1n) is 17.5. The summed E-state index contributed by atoms with van der Waals surface area (Å²) in [5.41, 5.74) is 7.31. The lowest BCUT2D eigenvalue weighted by atomic mass is 10.1. The van der Waals surface area contributed by atoms with Gasteiger partial charge in [0.25, 0.3) is 21.8 Å². The molecule has 3 heterocycles. The van der Waals surface area contributed by atoms with Crippen LogP contribution in [0.5, 0.6) is 0 Å². The van der Waals surface area contributed by atoms with Crippen molar-refractivity contribution in [2.45, 2.75) is 80.0 Å². The van der Waals surface area contributed by atoms with Crippen molar-refractivity contribution >= 4 is 54.3 Å². The van der Waals surface area contributed by atoms with E-state index < -0.39 is 19.9 Å². The number of amides is 2. The van der Waals surface area contributed by atoms with Gasteiger partial charge in [-0.05, 0) is 92.5 Å². The van der Waals surface area contributed by atoms with E-state index in [-0.39, 0.29) is 58.2 Å². The number of sulfone groups is 1. The van der Waals surface area contributed by atoms with Crippen LogP contribution in [0.1, 0.15) is 91.5 Å². The average Bonchev–Trinajstić information content (AvgIpc) is 3.98. The fourth-order valence-corrected chi connectivity index (χ4v) is 12.4. The van der Waals surface area contributed by atoms with Gasteiger partial charge < -0.3 is 20.1 Å². The van der Waals surface area contributed by atoms with E-state index >= 15 is 0 Å². The van der Waals surface area contributed by atoms with Crippen LogP contribution in [-0.2, 0) is 42.2 Å². The molecular formula is C39H49N3O8S4. The van der Waals surface area contributed by atoms with Gasteiger partial charge in [-0.1, -0.05) is 55.0 Å². The second kappa shape index (κ2) is 17.6. The average molecular weight is 816 g/mol. The highest BCUT2D eigenvalue weighted by Crippen LogP contribution is 2.34. The number of thiophene rings is 2. The molecule has 2 aromatic heterocycles. The molecule has 0 bridgehead atoms. The summed E-state index contributed by atoms with van der Waals surface area (Å²) in [6.45, 7) is 5.06. The summed E-state index contributed by atoms with van der Waals surface area (Å²) >= 11 is 2.04. The monoisotopic (exact) mass is 815 g/mol. The molecule has 2 aromatic carbocycles. The number of sulfonamides is 1. The van der Waals surface area contributed by atoms with Crippen molar-refractivity contribution in [1.82, 2.24) is 14.9 Å². The Bertz CT molecular complexity index is 2200. The van der Waals surface area contributed by atoms with E-state index in [4.69, 9.17) is 9.47 Å². The van der Waals surface area contributed by atoms with Gasteiger partial charge in [-0.25, -0.2) is 16.8 Å². The minimum atomic E-state index is -3.58. The Kier molecular flexibility index (Phi) is 13.6. The fraction of sp³-hybridized carbons (Fsp3) is 0.436. The van der Waals surface area contributed by atoms with Crippen LogP contribution < -0.4 is 10.6 Å². The number of methoxy groups -OCH3 is 2. The number of nitrogens with one attached hydrogen (secondary N) is 2. The van der Waals surface area contributed by atoms with Gasteiger partial charge in [-0.15, -0.1) is 22.7 Å². The summed E-state index contributed by atoms with van der Waals surface area (Å²) in [6, 6.07) is 18.7. The number of carbonyl (C=O) groups excluding carboxylic acids is 2. The molecule has 1 fully saturated rings. The maximum absolute atomic E-state index is 12.8. The van der Waals surface area contributed by atoms with Crippen molar-refractivity contribution in [3.63, 3.8) is 0 Å². The van der Waals surface area contributed by atoms with Gasteiger partial charge in [0, 0.05) is 27.3 Å². The number of hydrogen-bond acceptors (Lipinski definition) is 10. The zero-order chi connectivity index (χ0) is 37.9. The van der Waals surface area contributed by atoms with Crippen LogP contribution in [0.4, 0.5) is 0 Å². The largest absolute Gasteiger partial charge is 0.384 e. The molecule has 4 aromatic rings. The predicted octanol–water partition coefficient (Wildman–Crippen LogP) is 6.41. The molecule has 11 nitrogen and oxygen atoms in total. The van der Waals surface area contributed by atoms with Crippen LogP contribution in [0, 0.1) is 13.8 Å². The van der Waals surface area contributed by atoms with Gasteiger partial charge in [0.05, 0.1) is 40.3 Å². The second-order valence-electron chi connectivity index (χ2n) is 13.6. The van der Waals surface area contributed by atoms with Crippen molar-refractivity contribution in [2.75, 3.05) is 39.7 Å². The summed E-state index contributed by atoms with van der Waals surface area (Å²) in [7, 11) is -3.93. The van der Waals surface area contributed by atoms with Crippen molar-refractivity contribution < 1.29 is 35.9 Å². The molecule has 1 saturated heterocycles. The minimum Gasteiger partial charge on any atom is -0.384 e. The number of aryl methyl sites for hydroxylation is 4. The zero-order valence-electron chi connectivity index (χ0n) is 30.2. The van der Waals surface area contributed by atoms with Gasteiger partial charge in [0.1, 0.15) is 8.42 Å². The molecule has 54 heavy (non-hydrogen) atoms. The minimum absolute atomic E-state index is 0. The third-order valence-electron chi connectivity index (χ3n) is 9.87. The number of benzene rings is 2. The summed E-state index contributed by atoms with van der Waals surface area (Å²) in [6.07, 6.45) is 4.26. The number of fused-ring (bicyclic) bond motifs is 2. The third kappa shape index (κ3) is 9.32. The highest BCUT2D eigenvalue weighted by atomic mass is 32.2. The van der Waals surface area contributed by atoms with E-state index in [9.17, 15) is 26.4 Å². The molecule has 7 rings (SSSR count). The molecule has 0 saturated carbocycles. The molecule has 0 spiro atoms. The van der Waals surface area contributed by atoms with Gasteiger partial charge in [-0.3, -0.25) is 9.59 Å². The first-order valence-corrected chi connectivity index (χ1v) is 22.3. The Balaban J connectivity index is 0.000000205. The molecule has 2 aliphatic carbocycles. The zero-order valence-corrected chi connectivity index (χ0v) is 33.5. The van der Waals surface area contributed by atoms with Gasteiger partial charge in [0.2, 0.25) is 0 Å². The van der Waals surface area contributed by atoms with E-state index in [2.05, 4.69) is 60.9 Å². The maximum atomic E-state index is 12.8. The van der Waals surface area contributed by atoms with Crippen molar-refractivity contribution in [1.29, 1.82) is 0 Å². The molecule has 1 aliphatic heterocycles. The fourth-order valence-electron chi connectivity index (χ4n) is 6.97. The molecule has 15 heteroatoms. The first kappa shape index (κ1) is 41.7. The van der Waals surface area contributed by atoms with Crippen LogP contribution in [0.15, 0.2) is 69.1 Å². The predicted molar refractivity (Wildman–Crippen MR) is 213 cm³/mol. The van der Waals surface area contributed by atoms with E-state index in [1.165, 1.54) is 45.8 Å². The van der Waals surface area contributed by atoms with E-state index in [1.54, 1.807) is 19.2 Å². The van der Waals surface area contributed by atoms with Crippen LogP contribution >= 0.6 is 22.7 Å². The molecule has 0 radical (unpaired) electrons. The van der Waals surface area contributed by atoms with Crippen LogP contribution in [0.2, 0.25) is 0 Å². The molecule has 3 atom stereocenters. The van der Waals surface area contributed by atoms with Gasteiger partial charge in [-0.2, -0.15) is 4.31 Å².